The summed E-state index contributed by atoms with van der Waals surface area (Å²) in [6, 6.07) is 9.75. The summed E-state index contributed by atoms with van der Waals surface area (Å²) in [5.74, 6) is 3.03. The van der Waals surface area contributed by atoms with Crippen LogP contribution in [-0.2, 0) is 0 Å². The molecule has 3 rings (SSSR count). The molecule has 1 heterocycles. The van der Waals surface area contributed by atoms with Gasteiger partial charge in [-0.3, -0.25) is 0 Å². The second-order valence-corrected chi connectivity index (χ2v) is 5.41. The Bertz CT molecular complexity index is 806. The SMILES string of the molecule is COc1ccc(Oc2c(C)cc(-c3nn[nH]n3)cc2C)cc1C. The fourth-order valence-electron chi connectivity index (χ4n) is 2.56. The number of nitrogens with one attached hydrogen (secondary N) is 1. The molecular formula is C17H18N4O2. The van der Waals surface area contributed by atoms with Gasteiger partial charge < -0.3 is 9.47 Å². The predicted octanol–water partition coefficient (Wildman–Crippen LogP) is 3.59. The van der Waals surface area contributed by atoms with Gasteiger partial charge in [0.25, 0.3) is 0 Å². The third kappa shape index (κ3) is 3.01. The normalized spacial score (nSPS) is 10.6. The van der Waals surface area contributed by atoms with Crippen molar-refractivity contribution in [3.63, 3.8) is 0 Å². The molecule has 3 aromatic rings. The fourth-order valence-corrected chi connectivity index (χ4v) is 2.56. The average molecular weight is 310 g/mol. The zero-order valence-electron chi connectivity index (χ0n) is 13.5. The average Bonchev–Trinajstić information content (AvgIpc) is 3.05. The van der Waals surface area contributed by atoms with E-state index in [2.05, 4.69) is 20.6 Å². The van der Waals surface area contributed by atoms with Crippen molar-refractivity contribution in [3.8, 4) is 28.6 Å². The number of H-pyrrole nitrogens is 1. The largest absolute Gasteiger partial charge is 0.496 e. The molecule has 0 saturated carbocycles. The number of hydrogen-bond acceptors (Lipinski definition) is 5. The van der Waals surface area contributed by atoms with Gasteiger partial charge >= 0.3 is 0 Å². The first kappa shape index (κ1) is 15.0. The molecule has 0 fully saturated rings. The zero-order chi connectivity index (χ0) is 16.4. The molecule has 0 spiro atoms. The molecule has 23 heavy (non-hydrogen) atoms. The van der Waals surface area contributed by atoms with Gasteiger partial charge in [0.2, 0.25) is 5.82 Å². The molecule has 0 aliphatic heterocycles. The highest BCUT2D eigenvalue weighted by Crippen LogP contribution is 2.33. The van der Waals surface area contributed by atoms with Crippen molar-refractivity contribution in [2.75, 3.05) is 7.11 Å². The van der Waals surface area contributed by atoms with Crippen molar-refractivity contribution < 1.29 is 9.47 Å². The van der Waals surface area contributed by atoms with E-state index in [1.165, 1.54) is 0 Å². The molecule has 0 aliphatic rings. The molecule has 2 aromatic carbocycles. The summed E-state index contributed by atoms with van der Waals surface area (Å²) < 4.78 is 11.3. The Labute approximate surface area is 134 Å². The van der Waals surface area contributed by atoms with Crippen LogP contribution in [-0.4, -0.2) is 27.7 Å². The molecular weight excluding hydrogens is 292 g/mol. The van der Waals surface area contributed by atoms with Gasteiger partial charge in [-0.25, -0.2) is 0 Å². The lowest BCUT2D eigenvalue weighted by atomic mass is 10.1. The quantitative estimate of drug-likeness (QED) is 0.797. The molecule has 0 saturated heterocycles. The van der Waals surface area contributed by atoms with Crippen molar-refractivity contribution in [2.45, 2.75) is 20.8 Å². The Morgan fingerprint density at radius 3 is 2.26 bits per heavy atom. The van der Waals surface area contributed by atoms with Crippen LogP contribution in [0.15, 0.2) is 30.3 Å². The molecule has 118 valence electrons. The molecule has 6 nitrogen and oxygen atoms in total. The number of tetrazole rings is 1. The van der Waals surface area contributed by atoms with Crippen molar-refractivity contribution in [3.05, 3.63) is 47.0 Å². The first-order valence-electron chi connectivity index (χ1n) is 7.26. The summed E-state index contributed by atoms with van der Waals surface area (Å²) in [7, 11) is 1.66. The number of benzene rings is 2. The summed E-state index contributed by atoms with van der Waals surface area (Å²) in [4.78, 5) is 0. The summed E-state index contributed by atoms with van der Waals surface area (Å²) >= 11 is 0. The molecule has 0 atom stereocenters. The smallest absolute Gasteiger partial charge is 0.204 e. The minimum Gasteiger partial charge on any atom is -0.496 e. The third-order valence-electron chi connectivity index (χ3n) is 3.65. The van der Waals surface area contributed by atoms with E-state index in [4.69, 9.17) is 9.47 Å². The first-order chi connectivity index (χ1) is 11.1. The van der Waals surface area contributed by atoms with E-state index >= 15 is 0 Å². The van der Waals surface area contributed by atoms with Gasteiger partial charge in [-0.2, -0.15) is 5.21 Å². The number of methoxy groups -OCH3 is 1. The van der Waals surface area contributed by atoms with E-state index in [9.17, 15) is 0 Å². The van der Waals surface area contributed by atoms with Crippen molar-refractivity contribution in [1.82, 2.24) is 20.6 Å². The lowest BCUT2D eigenvalue weighted by Crippen LogP contribution is -1.94. The molecule has 0 bridgehead atoms. The number of aromatic nitrogens is 4. The van der Waals surface area contributed by atoms with Gasteiger partial charge in [0.05, 0.1) is 7.11 Å². The monoisotopic (exact) mass is 310 g/mol. The molecule has 1 N–H and O–H groups in total. The van der Waals surface area contributed by atoms with E-state index < -0.39 is 0 Å². The van der Waals surface area contributed by atoms with Crippen molar-refractivity contribution >= 4 is 0 Å². The van der Waals surface area contributed by atoms with Gasteiger partial charge in [0, 0.05) is 5.56 Å². The lowest BCUT2D eigenvalue weighted by molar-refractivity contribution is 0.409. The van der Waals surface area contributed by atoms with Crippen LogP contribution < -0.4 is 9.47 Å². The first-order valence-corrected chi connectivity index (χ1v) is 7.26. The Hall–Kier alpha value is -2.89. The molecule has 0 amide bonds. The maximum absolute atomic E-state index is 6.07. The summed E-state index contributed by atoms with van der Waals surface area (Å²) in [6.45, 7) is 6.00. The van der Waals surface area contributed by atoms with E-state index in [1.54, 1.807) is 7.11 Å². The number of aryl methyl sites for hydroxylation is 3. The lowest BCUT2D eigenvalue weighted by Gasteiger charge is -2.14. The van der Waals surface area contributed by atoms with Crippen molar-refractivity contribution in [2.24, 2.45) is 0 Å². The van der Waals surface area contributed by atoms with Crippen LogP contribution in [0.3, 0.4) is 0 Å². The second-order valence-electron chi connectivity index (χ2n) is 5.41. The van der Waals surface area contributed by atoms with E-state index in [-0.39, 0.29) is 0 Å². The second kappa shape index (κ2) is 6.08. The van der Waals surface area contributed by atoms with Gasteiger partial charge in [-0.15, -0.1) is 10.2 Å². The Kier molecular flexibility index (Phi) is 3.97. The highest BCUT2D eigenvalue weighted by molar-refractivity contribution is 5.61. The Morgan fingerprint density at radius 1 is 0.957 bits per heavy atom. The van der Waals surface area contributed by atoms with E-state index in [0.717, 1.165) is 39.5 Å². The molecule has 6 heteroatoms. The number of hydrogen-bond donors (Lipinski definition) is 1. The van der Waals surface area contributed by atoms with Crippen LogP contribution in [0, 0.1) is 20.8 Å². The number of ether oxygens (including phenoxy) is 2. The van der Waals surface area contributed by atoms with Crippen LogP contribution in [0.2, 0.25) is 0 Å². The number of aromatic amines is 1. The topological polar surface area (TPSA) is 72.9 Å². The van der Waals surface area contributed by atoms with Crippen LogP contribution in [0.25, 0.3) is 11.4 Å². The minimum absolute atomic E-state index is 0.572. The maximum atomic E-state index is 6.07. The van der Waals surface area contributed by atoms with E-state index in [0.29, 0.717) is 5.82 Å². The van der Waals surface area contributed by atoms with Gasteiger partial charge in [-0.1, -0.05) is 0 Å². The fraction of sp³-hybridized carbons (Fsp3) is 0.235. The standard InChI is InChI=1S/C17H18N4O2/c1-10-9-14(5-6-15(10)22-4)23-16-11(2)7-13(8-12(16)3)17-18-20-21-19-17/h5-9H,1-4H3,(H,18,19,20,21). The van der Waals surface area contributed by atoms with Crippen LogP contribution in [0.5, 0.6) is 17.2 Å². The number of nitrogens with zero attached hydrogens (tertiary/aromatic N) is 3. The Morgan fingerprint density at radius 2 is 1.70 bits per heavy atom. The molecule has 1 aromatic heterocycles. The van der Waals surface area contributed by atoms with Crippen LogP contribution in [0.4, 0.5) is 0 Å². The predicted molar refractivity (Wildman–Crippen MR) is 86.9 cm³/mol. The molecule has 0 unspecified atom stereocenters. The summed E-state index contributed by atoms with van der Waals surface area (Å²) in [6.07, 6.45) is 0. The Balaban J connectivity index is 1.93. The third-order valence-corrected chi connectivity index (χ3v) is 3.65. The van der Waals surface area contributed by atoms with E-state index in [1.807, 2.05) is 51.1 Å². The summed E-state index contributed by atoms with van der Waals surface area (Å²) in [5.41, 5.74) is 3.97. The van der Waals surface area contributed by atoms with Crippen LogP contribution in [0.1, 0.15) is 16.7 Å². The zero-order valence-corrected chi connectivity index (χ0v) is 13.5. The van der Waals surface area contributed by atoms with Gasteiger partial charge in [0.1, 0.15) is 17.2 Å². The van der Waals surface area contributed by atoms with Crippen LogP contribution >= 0.6 is 0 Å². The highest BCUT2D eigenvalue weighted by atomic mass is 16.5. The number of rotatable bonds is 4. The molecule has 0 aliphatic carbocycles. The highest BCUT2D eigenvalue weighted by Gasteiger charge is 2.12. The maximum Gasteiger partial charge on any atom is 0.204 e. The molecule has 0 radical (unpaired) electrons. The minimum atomic E-state index is 0.572. The van der Waals surface area contributed by atoms with Crippen molar-refractivity contribution in [1.29, 1.82) is 0 Å². The van der Waals surface area contributed by atoms with Gasteiger partial charge in [0.15, 0.2) is 0 Å². The van der Waals surface area contributed by atoms with Gasteiger partial charge in [-0.05, 0) is 73.0 Å². The summed E-state index contributed by atoms with van der Waals surface area (Å²) in [5, 5.41) is 14.1.